The number of benzene rings is 3. The highest BCUT2D eigenvalue weighted by atomic mass is 16.7. The Hall–Kier alpha value is -5.95. The van der Waals surface area contributed by atoms with Crippen LogP contribution in [0.25, 0.3) is 11.3 Å². The van der Waals surface area contributed by atoms with Gasteiger partial charge in [0.25, 0.3) is 5.91 Å². The van der Waals surface area contributed by atoms with Crippen LogP contribution in [-0.4, -0.2) is 62.0 Å². The molecule has 0 saturated heterocycles. The fourth-order valence-corrected chi connectivity index (χ4v) is 5.46. The molecule has 286 valence electrons. The maximum absolute atomic E-state index is 13.2. The third kappa shape index (κ3) is 13.6. The highest BCUT2D eigenvalue weighted by Gasteiger charge is 2.22. The van der Waals surface area contributed by atoms with Crippen LogP contribution in [0.5, 0.6) is 5.75 Å². The van der Waals surface area contributed by atoms with Gasteiger partial charge in [-0.1, -0.05) is 86.8 Å². The Kier molecular flexibility index (Phi) is 16.8. The molecule has 0 radical (unpaired) electrons. The number of methoxy groups -OCH3 is 1. The molecule has 1 aromatic heterocycles. The Balaban J connectivity index is 1.26. The smallest absolute Gasteiger partial charge is 0.407 e. The number of unbranched alkanes of at least 4 members (excludes halogenated alkanes) is 2. The molecule has 0 aliphatic carbocycles. The molecule has 13 heteroatoms. The number of hydroxylamine groups is 2. The van der Waals surface area contributed by atoms with E-state index in [0.29, 0.717) is 41.9 Å². The molecular weight excluding hydrogens is 692 g/mol. The summed E-state index contributed by atoms with van der Waals surface area (Å²) < 4.78 is 16.4. The van der Waals surface area contributed by atoms with Crippen LogP contribution in [0.2, 0.25) is 0 Å². The Bertz CT molecular complexity index is 1800. The zero-order chi connectivity index (χ0) is 38.5. The molecule has 0 aliphatic heterocycles. The molecule has 3 aromatic carbocycles. The van der Waals surface area contributed by atoms with Crippen molar-refractivity contribution < 1.29 is 42.7 Å². The van der Waals surface area contributed by atoms with E-state index >= 15 is 0 Å². The summed E-state index contributed by atoms with van der Waals surface area (Å²) >= 11 is 0. The van der Waals surface area contributed by atoms with Crippen molar-refractivity contribution in [2.24, 2.45) is 5.92 Å². The van der Waals surface area contributed by atoms with E-state index in [-0.39, 0.29) is 56.8 Å². The lowest BCUT2D eigenvalue weighted by Gasteiger charge is -2.23. The number of nitrogens with zero attached hydrogens (tertiary/aromatic N) is 1. The van der Waals surface area contributed by atoms with Crippen LogP contribution in [-0.2, 0) is 32.4 Å². The number of ketones is 1. The van der Waals surface area contributed by atoms with Gasteiger partial charge in [-0.3, -0.25) is 24.0 Å². The first kappa shape index (κ1) is 40.8. The molecule has 0 spiro atoms. The van der Waals surface area contributed by atoms with Crippen LogP contribution in [0.3, 0.4) is 0 Å². The Morgan fingerprint density at radius 3 is 2.24 bits per heavy atom. The SMILES string of the molecule is CCCCC[C@H](CN(C=O)OCc1ccccc1)C(=O)NCNC(=O)c1ccc(-c2cc(OC)cc(C(=O)CCCNC(=O)OCc3ccccc3)c2)o1. The van der Waals surface area contributed by atoms with Crippen molar-refractivity contribution in [3.8, 4) is 17.1 Å². The van der Waals surface area contributed by atoms with Gasteiger partial charge in [0.1, 0.15) is 24.7 Å². The molecule has 1 heterocycles. The third-order valence-corrected chi connectivity index (χ3v) is 8.44. The zero-order valence-electron chi connectivity index (χ0n) is 30.7. The number of amides is 4. The summed E-state index contributed by atoms with van der Waals surface area (Å²) in [7, 11) is 1.48. The molecule has 0 unspecified atom stereocenters. The first-order valence-electron chi connectivity index (χ1n) is 18.0. The molecule has 1 atom stereocenters. The molecule has 4 rings (SSSR count). The fraction of sp³-hybridized carbons (Fsp3) is 0.341. The van der Waals surface area contributed by atoms with Gasteiger partial charge in [-0.2, -0.15) is 0 Å². The van der Waals surface area contributed by atoms with Gasteiger partial charge in [0, 0.05) is 24.1 Å². The average molecular weight is 741 g/mol. The Morgan fingerprint density at radius 2 is 1.56 bits per heavy atom. The van der Waals surface area contributed by atoms with Gasteiger partial charge in [0.15, 0.2) is 11.5 Å². The fourth-order valence-electron chi connectivity index (χ4n) is 5.46. The van der Waals surface area contributed by atoms with E-state index in [9.17, 15) is 24.0 Å². The molecule has 54 heavy (non-hydrogen) atoms. The van der Waals surface area contributed by atoms with Gasteiger partial charge < -0.3 is 29.8 Å². The first-order chi connectivity index (χ1) is 26.3. The Labute approximate surface area is 315 Å². The van der Waals surface area contributed by atoms with Gasteiger partial charge >= 0.3 is 6.09 Å². The summed E-state index contributed by atoms with van der Waals surface area (Å²) in [6, 6.07) is 26.8. The largest absolute Gasteiger partial charge is 0.497 e. The standard InChI is InChI=1S/C41H48N4O9/c1-3-4-7-17-32(25-45(29-46)53-27-31-15-10-6-11-16-31)39(48)43-28-44-40(49)38-20-19-37(54-38)34-22-33(23-35(24-34)51-2)36(47)18-12-21-42-41(50)52-26-30-13-8-5-9-14-30/h5-6,8-11,13-16,19-20,22-24,29,32H,3-4,7,12,17-18,21,25-28H2,1-2H3,(H,42,50)(H,43,48)(H,44,49)/t32-/m1/s1. The lowest BCUT2D eigenvalue weighted by molar-refractivity contribution is -0.182. The number of furan rings is 1. The maximum atomic E-state index is 13.2. The van der Waals surface area contributed by atoms with Crippen LogP contribution < -0.4 is 20.7 Å². The molecular formula is C41H48N4O9. The van der Waals surface area contributed by atoms with Crippen molar-refractivity contribution >= 4 is 30.1 Å². The van der Waals surface area contributed by atoms with Crippen molar-refractivity contribution in [3.63, 3.8) is 0 Å². The highest BCUT2D eigenvalue weighted by molar-refractivity contribution is 5.98. The van der Waals surface area contributed by atoms with E-state index in [1.165, 1.54) is 13.2 Å². The second kappa shape index (κ2) is 22.2. The second-order valence-corrected chi connectivity index (χ2v) is 12.5. The van der Waals surface area contributed by atoms with Gasteiger partial charge in [-0.05, 0) is 54.3 Å². The number of carbonyl (C=O) groups excluding carboxylic acids is 5. The molecule has 0 bridgehead atoms. The van der Waals surface area contributed by atoms with E-state index < -0.39 is 17.9 Å². The Morgan fingerprint density at radius 1 is 0.833 bits per heavy atom. The number of alkyl carbamates (subject to hydrolysis) is 1. The minimum atomic E-state index is -0.562. The number of ether oxygens (including phenoxy) is 2. The number of hydrogen-bond donors (Lipinski definition) is 3. The summed E-state index contributed by atoms with van der Waals surface area (Å²) in [5.74, 6) is -0.834. The summed E-state index contributed by atoms with van der Waals surface area (Å²) in [5.41, 5.74) is 2.67. The lowest BCUT2D eigenvalue weighted by atomic mass is 10.0. The molecule has 3 N–H and O–H groups in total. The number of nitrogens with one attached hydrogen (secondary N) is 3. The van der Waals surface area contributed by atoms with Crippen molar-refractivity contribution in [1.82, 2.24) is 21.0 Å². The van der Waals surface area contributed by atoms with Crippen LogP contribution in [0, 0.1) is 5.92 Å². The molecule has 0 saturated carbocycles. The molecule has 13 nitrogen and oxygen atoms in total. The first-order valence-corrected chi connectivity index (χ1v) is 18.0. The van der Waals surface area contributed by atoms with Gasteiger partial charge in [-0.15, -0.1) is 0 Å². The average Bonchev–Trinajstić information content (AvgIpc) is 3.71. The van der Waals surface area contributed by atoms with E-state index in [0.717, 1.165) is 35.5 Å². The molecule has 0 aliphatic rings. The van der Waals surface area contributed by atoms with Gasteiger partial charge in [0.05, 0.1) is 26.2 Å². The summed E-state index contributed by atoms with van der Waals surface area (Å²) in [6.07, 6.45) is 3.79. The molecule has 0 fully saturated rings. The summed E-state index contributed by atoms with van der Waals surface area (Å²) in [6.45, 7) is 2.56. The maximum Gasteiger partial charge on any atom is 0.407 e. The summed E-state index contributed by atoms with van der Waals surface area (Å²) in [4.78, 5) is 68.6. The van der Waals surface area contributed by atoms with Crippen LogP contribution in [0.4, 0.5) is 4.79 Å². The minimum Gasteiger partial charge on any atom is -0.497 e. The van der Waals surface area contributed by atoms with E-state index in [4.69, 9.17) is 18.7 Å². The van der Waals surface area contributed by atoms with Crippen molar-refractivity contribution in [1.29, 1.82) is 0 Å². The topological polar surface area (TPSA) is 166 Å². The number of hydrogen-bond acceptors (Lipinski definition) is 9. The van der Waals surface area contributed by atoms with Crippen molar-refractivity contribution in [2.45, 2.75) is 58.7 Å². The van der Waals surface area contributed by atoms with Gasteiger partial charge in [0.2, 0.25) is 12.3 Å². The van der Waals surface area contributed by atoms with E-state index in [1.807, 2.05) is 60.7 Å². The van der Waals surface area contributed by atoms with Crippen molar-refractivity contribution in [3.05, 3.63) is 113 Å². The predicted molar refractivity (Wildman–Crippen MR) is 201 cm³/mol. The van der Waals surface area contributed by atoms with Crippen LogP contribution in [0.1, 0.15) is 77.5 Å². The number of carbonyl (C=O) groups is 5. The zero-order valence-corrected chi connectivity index (χ0v) is 30.7. The molecule has 4 aromatic rings. The normalized spacial score (nSPS) is 11.2. The highest BCUT2D eigenvalue weighted by Crippen LogP contribution is 2.28. The molecule has 4 amide bonds. The van der Waals surface area contributed by atoms with Crippen LogP contribution >= 0.6 is 0 Å². The lowest BCUT2D eigenvalue weighted by Crippen LogP contribution is -2.43. The summed E-state index contributed by atoms with van der Waals surface area (Å²) in [5, 5.41) is 9.16. The third-order valence-electron chi connectivity index (χ3n) is 8.44. The monoisotopic (exact) mass is 740 g/mol. The van der Waals surface area contributed by atoms with Gasteiger partial charge in [-0.25, -0.2) is 9.86 Å². The minimum absolute atomic E-state index is 0.00103. The van der Waals surface area contributed by atoms with E-state index in [2.05, 4.69) is 22.9 Å². The van der Waals surface area contributed by atoms with E-state index in [1.54, 1.807) is 24.3 Å². The number of Topliss-reactive ketones (excluding diaryl/α,β-unsaturated/α-hetero) is 1. The van der Waals surface area contributed by atoms with Crippen molar-refractivity contribution in [2.75, 3.05) is 26.9 Å². The second-order valence-electron chi connectivity index (χ2n) is 12.5. The quantitative estimate of drug-likeness (QED) is 0.0255. The predicted octanol–water partition coefficient (Wildman–Crippen LogP) is 6.43. The van der Waals surface area contributed by atoms with Crippen LogP contribution in [0.15, 0.2) is 95.4 Å². The number of rotatable bonds is 23.